The monoisotopic (exact) mass is 385 g/mol. The van der Waals surface area contributed by atoms with Crippen molar-refractivity contribution in [1.82, 2.24) is 20.4 Å². The SMILES string of the molecule is CC(C)c1[nH]nc(C(=O)N2CCCC(C(=O)NCCN)C2)c1Br. The van der Waals surface area contributed by atoms with Crippen molar-refractivity contribution in [3.8, 4) is 0 Å². The topological polar surface area (TPSA) is 104 Å². The molecule has 1 aliphatic heterocycles. The number of halogens is 1. The van der Waals surface area contributed by atoms with E-state index < -0.39 is 0 Å². The number of carbonyl (C=O) groups excluding carboxylic acids is 2. The van der Waals surface area contributed by atoms with Gasteiger partial charge in [-0.15, -0.1) is 0 Å². The van der Waals surface area contributed by atoms with Gasteiger partial charge in [0.15, 0.2) is 5.69 Å². The molecule has 1 fully saturated rings. The third-order valence-corrected chi connectivity index (χ3v) is 4.84. The van der Waals surface area contributed by atoms with Crippen LogP contribution in [0.15, 0.2) is 4.47 Å². The number of likely N-dealkylation sites (tertiary alicyclic amines) is 1. The number of nitrogens with zero attached hydrogens (tertiary/aromatic N) is 2. The Balaban J connectivity index is 2.06. The largest absolute Gasteiger partial charge is 0.355 e. The van der Waals surface area contributed by atoms with Crippen LogP contribution in [0, 0.1) is 5.92 Å². The van der Waals surface area contributed by atoms with E-state index in [1.807, 2.05) is 13.8 Å². The first-order valence-corrected chi connectivity index (χ1v) is 8.75. The first-order valence-electron chi connectivity index (χ1n) is 7.96. The Kier molecular flexibility index (Phi) is 6.17. The van der Waals surface area contributed by atoms with Crippen LogP contribution in [0.5, 0.6) is 0 Å². The summed E-state index contributed by atoms with van der Waals surface area (Å²) in [5.74, 6) is -0.107. The minimum Gasteiger partial charge on any atom is -0.355 e. The van der Waals surface area contributed by atoms with E-state index in [1.54, 1.807) is 4.90 Å². The molecule has 7 nitrogen and oxygen atoms in total. The molecular weight excluding hydrogens is 362 g/mol. The van der Waals surface area contributed by atoms with Gasteiger partial charge in [0.2, 0.25) is 5.91 Å². The Morgan fingerprint density at radius 1 is 1.52 bits per heavy atom. The predicted molar refractivity (Wildman–Crippen MR) is 91.1 cm³/mol. The smallest absolute Gasteiger partial charge is 0.275 e. The fourth-order valence-electron chi connectivity index (χ4n) is 2.73. The van der Waals surface area contributed by atoms with Gasteiger partial charge in [0.25, 0.3) is 5.91 Å². The van der Waals surface area contributed by atoms with Crippen molar-refractivity contribution < 1.29 is 9.59 Å². The maximum atomic E-state index is 12.7. The number of carbonyl (C=O) groups is 2. The van der Waals surface area contributed by atoms with Crippen LogP contribution in [0.25, 0.3) is 0 Å². The molecule has 1 aromatic heterocycles. The van der Waals surface area contributed by atoms with Gasteiger partial charge in [-0.1, -0.05) is 13.8 Å². The van der Waals surface area contributed by atoms with Crippen LogP contribution >= 0.6 is 15.9 Å². The summed E-state index contributed by atoms with van der Waals surface area (Å²) in [5.41, 5.74) is 6.70. The molecule has 2 amide bonds. The van der Waals surface area contributed by atoms with Crippen LogP contribution in [0.2, 0.25) is 0 Å². The van der Waals surface area contributed by atoms with Crippen molar-refractivity contribution in [2.24, 2.45) is 11.7 Å². The first-order chi connectivity index (χ1) is 11.0. The quantitative estimate of drug-likeness (QED) is 0.708. The lowest BCUT2D eigenvalue weighted by atomic mass is 9.97. The molecule has 1 aliphatic rings. The van der Waals surface area contributed by atoms with Gasteiger partial charge in [-0.3, -0.25) is 14.7 Å². The highest BCUT2D eigenvalue weighted by Crippen LogP contribution is 2.27. The summed E-state index contributed by atoms with van der Waals surface area (Å²) in [5, 5.41) is 9.87. The zero-order chi connectivity index (χ0) is 17.0. The highest BCUT2D eigenvalue weighted by Gasteiger charge is 2.31. The zero-order valence-electron chi connectivity index (χ0n) is 13.6. The second-order valence-electron chi connectivity index (χ2n) is 6.12. The molecule has 2 rings (SSSR count). The van der Waals surface area contributed by atoms with Gasteiger partial charge in [0.1, 0.15) is 0 Å². The van der Waals surface area contributed by atoms with E-state index in [0.717, 1.165) is 18.5 Å². The number of aromatic nitrogens is 2. The minimum absolute atomic E-state index is 0.0306. The van der Waals surface area contributed by atoms with Crippen LogP contribution in [-0.2, 0) is 4.79 Å². The highest BCUT2D eigenvalue weighted by molar-refractivity contribution is 9.10. The number of hydrogen-bond donors (Lipinski definition) is 3. The standard InChI is InChI=1S/C15H24BrN5O2/c1-9(2)12-11(16)13(20-19-12)15(23)21-7-3-4-10(8-21)14(22)18-6-5-17/h9-10H,3-8,17H2,1-2H3,(H,18,22)(H,19,20). The first kappa shape index (κ1) is 17.9. The average molecular weight is 386 g/mol. The molecule has 0 spiro atoms. The van der Waals surface area contributed by atoms with E-state index in [0.29, 0.717) is 36.3 Å². The van der Waals surface area contributed by atoms with E-state index >= 15 is 0 Å². The molecule has 128 valence electrons. The Morgan fingerprint density at radius 3 is 2.87 bits per heavy atom. The Bertz CT molecular complexity index is 572. The Morgan fingerprint density at radius 2 is 2.26 bits per heavy atom. The fraction of sp³-hybridized carbons (Fsp3) is 0.667. The lowest BCUT2D eigenvalue weighted by Crippen LogP contribution is -2.46. The summed E-state index contributed by atoms with van der Waals surface area (Å²) in [4.78, 5) is 26.5. The van der Waals surface area contributed by atoms with Gasteiger partial charge in [-0.05, 0) is 34.7 Å². The van der Waals surface area contributed by atoms with Crippen molar-refractivity contribution in [3.63, 3.8) is 0 Å². The maximum absolute atomic E-state index is 12.7. The summed E-state index contributed by atoms with van der Waals surface area (Å²) in [6, 6.07) is 0. The predicted octanol–water partition coefficient (Wildman–Crippen LogP) is 1.22. The number of nitrogens with one attached hydrogen (secondary N) is 2. The molecule has 1 aromatic rings. The molecule has 1 unspecified atom stereocenters. The second-order valence-corrected chi connectivity index (χ2v) is 6.92. The van der Waals surface area contributed by atoms with Crippen LogP contribution in [0.1, 0.15) is 48.8 Å². The lowest BCUT2D eigenvalue weighted by molar-refractivity contribution is -0.126. The number of hydrogen-bond acceptors (Lipinski definition) is 4. The number of H-pyrrole nitrogens is 1. The molecule has 1 atom stereocenters. The second kappa shape index (κ2) is 7.92. The molecule has 0 aromatic carbocycles. The summed E-state index contributed by atoms with van der Waals surface area (Å²) in [6.45, 7) is 6.02. The minimum atomic E-state index is -0.179. The number of amides is 2. The van der Waals surface area contributed by atoms with E-state index in [1.165, 1.54) is 0 Å². The zero-order valence-corrected chi connectivity index (χ0v) is 15.1. The van der Waals surface area contributed by atoms with Crippen molar-refractivity contribution >= 4 is 27.7 Å². The molecule has 8 heteroatoms. The summed E-state index contributed by atoms with van der Waals surface area (Å²) < 4.78 is 0.715. The normalized spacial score (nSPS) is 18.3. The fourth-order valence-corrected chi connectivity index (χ4v) is 3.54. The van der Waals surface area contributed by atoms with Crippen molar-refractivity contribution in [2.75, 3.05) is 26.2 Å². The summed E-state index contributed by atoms with van der Waals surface area (Å²) in [6.07, 6.45) is 1.60. The maximum Gasteiger partial charge on any atom is 0.275 e. The lowest BCUT2D eigenvalue weighted by Gasteiger charge is -2.31. The molecule has 0 bridgehead atoms. The van der Waals surface area contributed by atoms with Crippen LogP contribution in [0.3, 0.4) is 0 Å². The highest BCUT2D eigenvalue weighted by atomic mass is 79.9. The molecular formula is C15H24BrN5O2. The molecule has 0 saturated carbocycles. The number of aromatic amines is 1. The van der Waals surface area contributed by atoms with Crippen molar-refractivity contribution in [2.45, 2.75) is 32.6 Å². The summed E-state index contributed by atoms with van der Waals surface area (Å²) in [7, 11) is 0. The molecule has 0 radical (unpaired) electrons. The number of rotatable bonds is 5. The molecule has 2 heterocycles. The van der Waals surface area contributed by atoms with Gasteiger partial charge in [-0.25, -0.2) is 0 Å². The van der Waals surface area contributed by atoms with E-state index in [-0.39, 0.29) is 23.7 Å². The third-order valence-electron chi connectivity index (χ3n) is 4.04. The average Bonchev–Trinajstić information content (AvgIpc) is 2.93. The van der Waals surface area contributed by atoms with Gasteiger partial charge >= 0.3 is 0 Å². The van der Waals surface area contributed by atoms with Crippen molar-refractivity contribution in [1.29, 1.82) is 0 Å². The van der Waals surface area contributed by atoms with Crippen molar-refractivity contribution in [3.05, 3.63) is 15.9 Å². The van der Waals surface area contributed by atoms with Crippen LogP contribution in [0.4, 0.5) is 0 Å². The van der Waals surface area contributed by atoms with Gasteiger partial charge < -0.3 is 16.0 Å². The van der Waals surface area contributed by atoms with Gasteiger partial charge in [0, 0.05) is 26.2 Å². The molecule has 23 heavy (non-hydrogen) atoms. The van der Waals surface area contributed by atoms with E-state index in [9.17, 15) is 9.59 Å². The number of nitrogens with two attached hydrogens (primary N) is 1. The summed E-state index contributed by atoms with van der Waals surface area (Å²) >= 11 is 3.46. The van der Waals surface area contributed by atoms with Crippen LogP contribution < -0.4 is 11.1 Å². The van der Waals surface area contributed by atoms with Gasteiger partial charge in [0.05, 0.1) is 16.1 Å². The third kappa shape index (κ3) is 4.11. The Hall–Kier alpha value is -1.41. The molecule has 1 saturated heterocycles. The molecule has 0 aliphatic carbocycles. The Labute approximate surface area is 144 Å². The van der Waals surface area contributed by atoms with Gasteiger partial charge in [-0.2, -0.15) is 5.10 Å². The van der Waals surface area contributed by atoms with E-state index in [4.69, 9.17) is 5.73 Å². The number of piperidine rings is 1. The van der Waals surface area contributed by atoms with E-state index in [2.05, 4.69) is 31.4 Å². The molecule has 4 N–H and O–H groups in total. The van der Waals surface area contributed by atoms with Crippen LogP contribution in [-0.4, -0.2) is 53.1 Å².